The SMILES string of the molecule is C[C@H](NP(=O)(OCC[C@H]1S[C@@H](n2ccc(N)nc2=O)[C@@H](F)[C@@H]1O)Oc1ccc(Cl)cc1)C(=O)OCc1ccccc1. The van der Waals surface area contributed by atoms with Crippen LogP contribution in [0.15, 0.2) is 71.7 Å². The van der Waals surface area contributed by atoms with Gasteiger partial charge in [-0.2, -0.15) is 10.1 Å². The fraction of sp³-hybridized carbons (Fsp3) is 0.346. The number of nitrogen functional groups attached to an aromatic ring is 1. The second-order valence-electron chi connectivity index (χ2n) is 9.15. The lowest BCUT2D eigenvalue weighted by Gasteiger charge is -2.23. The van der Waals surface area contributed by atoms with Crippen LogP contribution in [0.1, 0.15) is 24.3 Å². The standard InChI is InChI=1S/C26H29ClFN4O7PS/c1-16(25(34)37-15-17-5-3-2-4-6-17)31-40(36,39-19-9-7-18(27)8-10-19)38-14-12-20-23(33)22(28)24(41-20)32-13-11-21(29)30-26(32)35/h2-11,13,16,20,22-24,33H,12,14-15H2,1H3,(H,31,36)(H2,29,30,35)/t16-,20+,22-,23+,24+,40?/m0/s1. The Balaban J connectivity index is 1.40. The first-order chi connectivity index (χ1) is 19.5. The normalized spacial score (nSPS) is 22.5. The molecule has 2 heterocycles. The van der Waals surface area contributed by atoms with Gasteiger partial charge in [-0.1, -0.05) is 41.9 Å². The molecule has 220 valence electrons. The third kappa shape index (κ3) is 8.31. The number of carbonyl (C=O) groups excluding carboxylic acids is 1. The Morgan fingerprint density at radius 2 is 1.95 bits per heavy atom. The molecule has 0 saturated carbocycles. The summed E-state index contributed by atoms with van der Waals surface area (Å²) in [6.45, 7) is 1.22. The second kappa shape index (κ2) is 13.8. The number of halogens is 2. The predicted octanol–water partition coefficient (Wildman–Crippen LogP) is 4.11. The van der Waals surface area contributed by atoms with E-state index in [1.165, 1.54) is 43.5 Å². The first-order valence-corrected chi connectivity index (χ1v) is 15.4. The van der Waals surface area contributed by atoms with E-state index in [2.05, 4.69) is 10.1 Å². The van der Waals surface area contributed by atoms with E-state index in [9.17, 15) is 23.7 Å². The molecule has 2 aromatic carbocycles. The zero-order valence-corrected chi connectivity index (χ0v) is 24.3. The summed E-state index contributed by atoms with van der Waals surface area (Å²) >= 11 is 6.95. The van der Waals surface area contributed by atoms with Gasteiger partial charge >= 0.3 is 19.4 Å². The fourth-order valence-electron chi connectivity index (χ4n) is 3.94. The van der Waals surface area contributed by atoms with Crippen molar-refractivity contribution in [2.45, 2.75) is 48.9 Å². The summed E-state index contributed by atoms with van der Waals surface area (Å²) in [7, 11) is -4.20. The highest BCUT2D eigenvalue weighted by molar-refractivity contribution is 8.00. The largest absolute Gasteiger partial charge is 0.460 e. The van der Waals surface area contributed by atoms with E-state index in [1.807, 2.05) is 18.2 Å². The number of nitrogens with zero attached hydrogens (tertiary/aromatic N) is 2. The number of aliphatic hydroxyl groups is 1. The van der Waals surface area contributed by atoms with Gasteiger partial charge in [-0.25, -0.2) is 13.8 Å². The van der Waals surface area contributed by atoms with Gasteiger partial charge in [0.15, 0.2) is 6.17 Å². The van der Waals surface area contributed by atoms with Gasteiger partial charge in [0.2, 0.25) is 0 Å². The van der Waals surface area contributed by atoms with Gasteiger partial charge < -0.3 is 20.1 Å². The molecule has 1 fully saturated rings. The smallest absolute Gasteiger partial charge is 0.459 e. The molecule has 0 aliphatic carbocycles. The van der Waals surface area contributed by atoms with Crippen molar-refractivity contribution >= 4 is 42.9 Å². The summed E-state index contributed by atoms with van der Waals surface area (Å²) in [5.41, 5.74) is 5.54. The molecule has 1 aliphatic heterocycles. The minimum Gasteiger partial charge on any atom is -0.460 e. The van der Waals surface area contributed by atoms with Gasteiger partial charge in [0, 0.05) is 16.5 Å². The van der Waals surface area contributed by atoms with Crippen molar-refractivity contribution in [2.24, 2.45) is 0 Å². The van der Waals surface area contributed by atoms with Crippen molar-refractivity contribution in [3.05, 3.63) is 87.9 Å². The molecule has 6 atom stereocenters. The molecule has 3 aromatic rings. The highest BCUT2D eigenvalue weighted by Crippen LogP contribution is 2.48. The molecule has 41 heavy (non-hydrogen) atoms. The highest BCUT2D eigenvalue weighted by Gasteiger charge is 2.45. The van der Waals surface area contributed by atoms with E-state index in [0.29, 0.717) is 5.02 Å². The molecule has 1 saturated heterocycles. The van der Waals surface area contributed by atoms with Gasteiger partial charge in [-0.15, -0.1) is 11.8 Å². The van der Waals surface area contributed by atoms with E-state index < -0.39 is 48.3 Å². The number of hydrogen-bond acceptors (Lipinski definition) is 10. The molecular weight excluding hydrogens is 598 g/mol. The van der Waals surface area contributed by atoms with Crippen LogP contribution < -0.4 is 21.0 Å². The summed E-state index contributed by atoms with van der Waals surface area (Å²) in [5, 5.41) is 11.8. The van der Waals surface area contributed by atoms with Crippen LogP contribution in [0.2, 0.25) is 5.02 Å². The van der Waals surface area contributed by atoms with Crippen LogP contribution in [-0.4, -0.2) is 50.8 Å². The molecule has 1 aliphatic rings. The van der Waals surface area contributed by atoms with Crippen LogP contribution >= 0.6 is 31.1 Å². The van der Waals surface area contributed by atoms with Crippen LogP contribution in [0.4, 0.5) is 10.2 Å². The maximum Gasteiger partial charge on any atom is 0.459 e. The topological polar surface area (TPSA) is 155 Å². The van der Waals surface area contributed by atoms with Gasteiger partial charge in [0.1, 0.15) is 35.7 Å². The van der Waals surface area contributed by atoms with Crippen molar-refractivity contribution in [2.75, 3.05) is 12.3 Å². The molecule has 1 aromatic heterocycles. The van der Waals surface area contributed by atoms with Crippen molar-refractivity contribution in [3.8, 4) is 5.75 Å². The molecular formula is C26H29ClFN4O7PS. The van der Waals surface area contributed by atoms with Crippen LogP contribution in [0, 0.1) is 0 Å². The zero-order valence-electron chi connectivity index (χ0n) is 21.8. The maximum absolute atomic E-state index is 15.0. The molecule has 0 amide bonds. The Morgan fingerprint density at radius 3 is 2.63 bits per heavy atom. The van der Waals surface area contributed by atoms with Gasteiger partial charge in [0.25, 0.3) is 0 Å². The van der Waals surface area contributed by atoms with Crippen LogP contribution in [0.3, 0.4) is 0 Å². The third-order valence-electron chi connectivity index (χ3n) is 6.05. The first-order valence-electron chi connectivity index (χ1n) is 12.5. The number of nitrogens with two attached hydrogens (primary N) is 1. The molecule has 0 radical (unpaired) electrons. The summed E-state index contributed by atoms with van der Waals surface area (Å²) < 4.78 is 46.3. The Labute approximate surface area is 244 Å². The van der Waals surface area contributed by atoms with Gasteiger partial charge in [0.05, 0.1) is 6.61 Å². The van der Waals surface area contributed by atoms with E-state index in [1.54, 1.807) is 12.1 Å². The molecule has 1 unspecified atom stereocenters. The van der Waals surface area contributed by atoms with Gasteiger partial charge in [-0.3, -0.25) is 13.9 Å². The van der Waals surface area contributed by atoms with E-state index in [4.69, 9.17) is 31.1 Å². The monoisotopic (exact) mass is 626 g/mol. The summed E-state index contributed by atoms with van der Waals surface area (Å²) in [6.07, 6.45) is -1.85. The number of ether oxygens (including phenoxy) is 1. The lowest BCUT2D eigenvalue weighted by atomic mass is 10.1. The predicted molar refractivity (Wildman–Crippen MR) is 153 cm³/mol. The molecule has 4 N–H and O–H groups in total. The Bertz CT molecular complexity index is 1440. The Kier molecular flexibility index (Phi) is 10.5. The minimum absolute atomic E-state index is 0.00253. The number of esters is 1. The highest BCUT2D eigenvalue weighted by atomic mass is 35.5. The van der Waals surface area contributed by atoms with E-state index in [-0.39, 0.29) is 31.2 Å². The lowest BCUT2D eigenvalue weighted by Crippen LogP contribution is -2.35. The third-order valence-corrected chi connectivity index (χ3v) is 9.61. The van der Waals surface area contributed by atoms with Crippen LogP contribution in [-0.2, 0) is 25.2 Å². The molecule has 11 nitrogen and oxygen atoms in total. The zero-order chi connectivity index (χ0) is 29.6. The molecule has 15 heteroatoms. The molecule has 4 rings (SSSR count). The number of alkyl halides is 1. The number of aromatic nitrogens is 2. The average Bonchev–Trinajstić information content (AvgIpc) is 3.22. The maximum atomic E-state index is 15.0. The number of aliphatic hydroxyl groups excluding tert-OH is 1. The number of carbonyl (C=O) groups is 1. The van der Waals surface area contributed by atoms with Crippen molar-refractivity contribution < 1.29 is 32.6 Å². The van der Waals surface area contributed by atoms with Crippen molar-refractivity contribution in [3.63, 3.8) is 0 Å². The number of rotatable bonds is 12. The first kappa shape index (κ1) is 31.0. The van der Waals surface area contributed by atoms with E-state index in [0.717, 1.165) is 21.9 Å². The van der Waals surface area contributed by atoms with Crippen LogP contribution in [0.5, 0.6) is 5.75 Å². The number of nitrogens with one attached hydrogen (secondary N) is 1. The number of anilines is 1. The average molecular weight is 627 g/mol. The van der Waals surface area contributed by atoms with E-state index >= 15 is 0 Å². The molecule has 0 bridgehead atoms. The summed E-state index contributed by atoms with van der Waals surface area (Å²) in [6, 6.07) is 15.3. The molecule has 0 spiro atoms. The Hall–Kier alpha value is -2.93. The number of hydrogen-bond donors (Lipinski definition) is 3. The number of thioether (sulfide) groups is 1. The van der Waals surface area contributed by atoms with Crippen LogP contribution in [0.25, 0.3) is 0 Å². The second-order valence-corrected chi connectivity index (χ2v) is 12.6. The quantitative estimate of drug-likeness (QED) is 0.196. The summed E-state index contributed by atoms with van der Waals surface area (Å²) in [4.78, 5) is 28.4. The summed E-state index contributed by atoms with van der Waals surface area (Å²) in [5.74, 6) is -0.536. The van der Waals surface area contributed by atoms with Crippen molar-refractivity contribution in [1.29, 1.82) is 0 Å². The lowest BCUT2D eigenvalue weighted by molar-refractivity contribution is -0.146. The van der Waals surface area contributed by atoms with Crippen molar-refractivity contribution in [1.82, 2.24) is 14.6 Å². The fourth-order valence-corrected chi connectivity index (χ4v) is 7.08. The Morgan fingerprint density at radius 1 is 1.24 bits per heavy atom. The van der Waals surface area contributed by atoms with Gasteiger partial charge in [-0.05, 0) is 49.2 Å². The minimum atomic E-state index is -4.20. The number of benzene rings is 2.